The van der Waals surface area contributed by atoms with Crippen LogP contribution in [0.25, 0.3) is 0 Å². The number of hydrogen-bond donors (Lipinski definition) is 2. The number of rotatable bonds is 5. The van der Waals surface area contributed by atoms with Crippen molar-refractivity contribution in [3.63, 3.8) is 0 Å². The van der Waals surface area contributed by atoms with E-state index in [-0.39, 0.29) is 11.6 Å². The average molecular weight is 316 g/mol. The molecule has 2 aromatic heterocycles. The van der Waals surface area contributed by atoms with E-state index in [4.69, 9.17) is 4.74 Å². The Morgan fingerprint density at radius 3 is 2.61 bits per heavy atom. The molecule has 0 saturated carbocycles. The first-order valence-corrected chi connectivity index (χ1v) is 7.30. The fourth-order valence-electron chi connectivity index (χ4n) is 1.89. The van der Waals surface area contributed by atoms with Crippen LogP contribution in [0.1, 0.15) is 43.2 Å². The molecule has 0 saturated heterocycles. The number of hydrogen-bond acceptors (Lipinski definition) is 5. The minimum absolute atomic E-state index is 0.136. The Labute approximate surface area is 134 Å². The van der Waals surface area contributed by atoms with E-state index < -0.39 is 11.6 Å². The molecule has 0 spiro atoms. The zero-order valence-electron chi connectivity index (χ0n) is 13.4. The van der Waals surface area contributed by atoms with Gasteiger partial charge in [0.05, 0.1) is 11.9 Å². The highest BCUT2D eigenvalue weighted by molar-refractivity contribution is 5.99. The summed E-state index contributed by atoms with van der Waals surface area (Å²) in [5.41, 5.74) is 0.857. The van der Waals surface area contributed by atoms with Gasteiger partial charge in [-0.3, -0.25) is 14.9 Å². The summed E-state index contributed by atoms with van der Waals surface area (Å²) in [6, 6.07) is 3.72. The second-order valence-corrected chi connectivity index (χ2v) is 6.06. The zero-order chi connectivity index (χ0) is 16.9. The Morgan fingerprint density at radius 2 is 1.96 bits per heavy atom. The van der Waals surface area contributed by atoms with E-state index in [1.807, 2.05) is 12.1 Å². The molecule has 122 valence electrons. The molecule has 0 aliphatic rings. The Balaban J connectivity index is 1.94. The molecule has 7 heteroatoms. The van der Waals surface area contributed by atoms with Crippen LogP contribution in [0.15, 0.2) is 30.7 Å². The first kappa shape index (κ1) is 16.7. The Morgan fingerprint density at radius 1 is 1.26 bits per heavy atom. The minimum atomic E-state index is -0.620. The fourth-order valence-corrected chi connectivity index (χ4v) is 1.89. The number of ether oxygens (including phenoxy) is 1. The zero-order valence-corrected chi connectivity index (χ0v) is 13.4. The number of carbonyl (C=O) groups excluding carboxylic acids is 2. The molecule has 0 bridgehead atoms. The molecule has 0 atom stereocenters. The number of H-pyrrole nitrogens is 1. The Kier molecular flexibility index (Phi) is 5.10. The van der Waals surface area contributed by atoms with Crippen LogP contribution in [0, 0.1) is 0 Å². The van der Waals surface area contributed by atoms with Gasteiger partial charge < -0.3 is 10.1 Å². The van der Waals surface area contributed by atoms with Gasteiger partial charge in [-0.25, -0.2) is 4.79 Å². The predicted octanol–water partition coefficient (Wildman–Crippen LogP) is 2.33. The fraction of sp³-hybridized carbons (Fsp3) is 0.375. The average Bonchev–Trinajstić information content (AvgIpc) is 2.93. The van der Waals surface area contributed by atoms with E-state index in [0.717, 1.165) is 5.56 Å². The number of esters is 1. The lowest BCUT2D eigenvalue weighted by Crippen LogP contribution is -2.25. The first-order chi connectivity index (χ1) is 10.8. The monoisotopic (exact) mass is 316 g/mol. The maximum absolute atomic E-state index is 12.1. The van der Waals surface area contributed by atoms with Crippen molar-refractivity contribution in [2.24, 2.45) is 0 Å². The van der Waals surface area contributed by atoms with Gasteiger partial charge in [0.25, 0.3) is 0 Å². The van der Waals surface area contributed by atoms with Crippen LogP contribution in [-0.4, -0.2) is 32.7 Å². The molecule has 0 aliphatic heterocycles. The van der Waals surface area contributed by atoms with Crippen LogP contribution in [0.4, 0.5) is 5.69 Å². The summed E-state index contributed by atoms with van der Waals surface area (Å²) in [6.07, 6.45) is 5.65. The summed E-state index contributed by atoms with van der Waals surface area (Å²) in [5, 5.41) is 9.03. The molecule has 2 rings (SSSR count). The van der Waals surface area contributed by atoms with Gasteiger partial charge in [-0.1, -0.05) is 0 Å². The highest BCUT2D eigenvalue weighted by atomic mass is 16.6. The van der Waals surface area contributed by atoms with Crippen molar-refractivity contribution in [1.29, 1.82) is 0 Å². The van der Waals surface area contributed by atoms with Gasteiger partial charge in [-0.2, -0.15) is 5.10 Å². The lowest BCUT2D eigenvalue weighted by molar-refractivity contribution is -0.116. The summed E-state index contributed by atoms with van der Waals surface area (Å²) in [7, 11) is 0. The van der Waals surface area contributed by atoms with Crippen molar-refractivity contribution in [1.82, 2.24) is 15.2 Å². The predicted molar refractivity (Wildman–Crippen MR) is 84.9 cm³/mol. The number of nitrogens with one attached hydrogen (secondary N) is 2. The minimum Gasteiger partial charge on any atom is -0.455 e. The SMILES string of the molecule is CC(C)(C)OC(=O)c1[nH]ncc1NC(=O)CCc1ccncc1. The molecule has 0 aromatic carbocycles. The maximum Gasteiger partial charge on any atom is 0.359 e. The largest absolute Gasteiger partial charge is 0.455 e. The third-order valence-electron chi connectivity index (χ3n) is 2.91. The quantitative estimate of drug-likeness (QED) is 0.825. The summed E-state index contributed by atoms with van der Waals surface area (Å²) in [6.45, 7) is 5.32. The van der Waals surface area contributed by atoms with Crippen molar-refractivity contribution >= 4 is 17.6 Å². The van der Waals surface area contributed by atoms with Crippen molar-refractivity contribution in [2.45, 2.75) is 39.2 Å². The van der Waals surface area contributed by atoms with Gasteiger partial charge in [0.1, 0.15) is 5.60 Å². The molecular formula is C16H20N4O3. The molecule has 2 heterocycles. The summed E-state index contributed by atoms with van der Waals surface area (Å²) in [4.78, 5) is 28.0. The van der Waals surface area contributed by atoms with Crippen molar-refractivity contribution in [3.05, 3.63) is 42.0 Å². The van der Waals surface area contributed by atoms with Gasteiger partial charge in [0.2, 0.25) is 5.91 Å². The van der Waals surface area contributed by atoms with Crippen LogP contribution in [0.2, 0.25) is 0 Å². The lowest BCUT2D eigenvalue weighted by atomic mass is 10.1. The van der Waals surface area contributed by atoms with E-state index >= 15 is 0 Å². The van der Waals surface area contributed by atoms with E-state index in [9.17, 15) is 9.59 Å². The van der Waals surface area contributed by atoms with Crippen molar-refractivity contribution in [2.75, 3.05) is 5.32 Å². The maximum atomic E-state index is 12.1. The molecule has 7 nitrogen and oxygen atoms in total. The number of pyridine rings is 1. The van der Waals surface area contributed by atoms with Crippen LogP contribution in [-0.2, 0) is 16.0 Å². The van der Waals surface area contributed by atoms with E-state index in [1.54, 1.807) is 33.2 Å². The van der Waals surface area contributed by atoms with Crippen LogP contribution in [0.3, 0.4) is 0 Å². The van der Waals surface area contributed by atoms with Gasteiger partial charge >= 0.3 is 5.97 Å². The highest BCUT2D eigenvalue weighted by Gasteiger charge is 2.22. The molecule has 23 heavy (non-hydrogen) atoms. The van der Waals surface area contributed by atoms with Gasteiger partial charge in [-0.15, -0.1) is 0 Å². The smallest absolute Gasteiger partial charge is 0.359 e. The lowest BCUT2D eigenvalue weighted by Gasteiger charge is -2.19. The number of anilines is 1. The molecule has 0 aliphatic carbocycles. The standard InChI is InChI=1S/C16H20N4O3/c1-16(2,3)23-15(22)14-12(10-18-20-14)19-13(21)5-4-11-6-8-17-9-7-11/h6-10H,4-5H2,1-3H3,(H,18,20)(H,19,21). The van der Waals surface area contributed by atoms with Gasteiger partial charge in [0, 0.05) is 18.8 Å². The van der Waals surface area contributed by atoms with Gasteiger partial charge in [0.15, 0.2) is 5.69 Å². The molecule has 1 amide bonds. The van der Waals surface area contributed by atoms with Crippen LogP contribution < -0.4 is 5.32 Å². The highest BCUT2D eigenvalue weighted by Crippen LogP contribution is 2.17. The summed E-state index contributed by atoms with van der Waals surface area (Å²) in [5.74, 6) is -0.757. The molecule has 0 unspecified atom stereocenters. The van der Waals surface area contributed by atoms with E-state index in [0.29, 0.717) is 18.5 Å². The Hall–Kier alpha value is -2.70. The van der Waals surface area contributed by atoms with E-state index in [2.05, 4.69) is 20.5 Å². The number of nitrogens with zero attached hydrogens (tertiary/aromatic N) is 2. The van der Waals surface area contributed by atoms with Crippen molar-refractivity contribution in [3.8, 4) is 0 Å². The van der Waals surface area contributed by atoms with E-state index in [1.165, 1.54) is 6.20 Å². The third-order valence-corrected chi connectivity index (χ3v) is 2.91. The number of carbonyl (C=O) groups is 2. The third kappa shape index (κ3) is 5.21. The summed E-state index contributed by atoms with van der Waals surface area (Å²) >= 11 is 0. The number of amides is 1. The van der Waals surface area contributed by atoms with Crippen LogP contribution in [0.5, 0.6) is 0 Å². The number of aromatic nitrogens is 3. The van der Waals surface area contributed by atoms with Crippen LogP contribution >= 0.6 is 0 Å². The number of aryl methyl sites for hydroxylation is 1. The topological polar surface area (TPSA) is 97.0 Å². The second-order valence-electron chi connectivity index (χ2n) is 6.06. The Bertz CT molecular complexity index is 674. The number of aromatic amines is 1. The molecule has 2 aromatic rings. The molecular weight excluding hydrogens is 296 g/mol. The van der Waals surface area contributed by atoms with Gasteiger partial charge in [-0.05, 0) is 44.9 Å². The first-order valence-electron chi connectivity index (χ1n) is 7.30. The normalized spacial score (nSPS) is 11.1. The molecule has 2 N–H and O–H groups in total. The second kappa shape index (κ2) is 7.04. The molecule has 0 fully saturated rings. The summed E-state index contributed by atoms with van der Waals surface area (Å²) < 4.78 is 5.27. The molecule has 0 radical (unpaired) electrons. The van der Waals surface area contributed by atoms with Crippen molar-refractivity contribution < 1.29 is 14.3 Å².